The van der Waals surface area contributed by atoms with Crippen molar-refractivity contribution in [1.82, 2.24) is 5.32 Å². The van der Waals surface area contributed by atoms with Crippen LogP contribution in [0.4, 0.5) is 4.39 Å². The Balaban J connectivity index is 2.56. The molecule has 0 fully saturated rings. The minimum Gasteiger partial charge on any atom is -0.306 e. The molecule has 0 aliphatic carbocycles. The van der Waals surface area contributed by atoms with Gasteiger partial charge in [0.05, 0.1) is 6.04 Å². The molecule has 1 unspecified atom stereocenters. The van der Waals surface area contributed by atoms with Crippen LogP contribution in [0.25, 0.3) is 0 Å². The second-order valence-corrected chi connectivity index (χ2v) is 5.57. The van der Waals surface area contributed by atoms with E-state index in [9.17, 15) is 4.39 Å². The Labute approximate surface area is 131 Å². The molecule has 112 valence electrons. The molecule has 0 aliphatic rings. The van der Waals surface area contributed by atoms with Crippen molar-refractivity contribution in [2.75, 3.05) is 6.54 Å². The summed E-state index contributed by atoms with van der Waals surface area (Å²) in [5, 5.41) is 3.94. The largest absolute Gasteiger partial charge is 0.306 e. The Bertz CT molecular complexity index is 625. The molecule has 0 bridgehead atoms. The number of benzene rings is 2. The lowest BCUT2D eigenvalue weighted by Gasteiger charge is -2.23. The van der Waals surface area contributed by atoms with E-state index in [1.807, 2.05) is 18.2 Å². The van der Waals surface area contributed by atoms with E-state index in [0.29, 0.717) is 10.6 Å². The highest BCUT2D eigenvalue weighted by Crippen LogP contribution is 2.32. The van der Waals surface area contributed by atoms with Crippen molar-refractivity contribution in [2.24, 2.45) is 0 Å². The lowest BCUT2D eigenvalue weighted by atomic mass is 9.92. The lowest BCUT2D eigenvalue weighted by Crippen LogP contribution is -2.23. The normalized spacial score (nSPS) is 12.4. The maximum absolute atomic E-state index is 13.7. The van der Waals surface area contributed by atoms with Gasteiger partial charge >= 0.3 is 0 Å². The minimum atomic E-state index is -0.261. The summed E-state index contributed by atoms with van der Waals surface area (Å²) in [5.74, 6) is -0.261. The first-order valence-electron chi connectivity index (χ1n) is 7.35. The quantitative estimate of drug-likeness (QED) is 0.815. The third-order valence-corrected chi connectivity index (χ3v) is 4.07. The minimum absolute atomic E-state index is 0.0158. The van der Waals surface area contributed by atoms with Gasteiger partial charge in [-0.15, -0.1) is 0 Å². The molecule has 1 N–H and O–H groups in total. The van der Waals surface area contributed by atoms with Crippen LogP contribution in [0.3, 0.4) is 0 Å². The summed E-state index contributed by atoms with van der Waals surface area (Å²) in [6, 6.07) is 11.6. The zero-order valence-electron chi connectivity index (χ0n) is 12.7. The molecule has 0 saturated heterocycles. The predicted octanol–water partition coefficient (Wildman–Crippen LogP) is 5.05. The highest BCUT2D eigenvalue weighted by atomic mass is 35.5. The average Bonchev–Trinajstić information content (AvgIpc) is 2.49. The highest BCUT2D eigenvalue weighted by molar-refractivity contribution is 6.31. The van der Waals surface area contributed by atoms with E-state index in [1.54, 1.807) is 6.92 Å². The predicted molar refractivity (Wildman–Crippen MR) is 87.5 cm³/mol. The van der Waals surface area contributed by atoms with Gasteiger partial charge < -0.3 is 5.32 Å². The third kappa shape index (κ3) is 3.45. The lowest BCUT2D eigenvalue weighted by molar-refractivity contribution is 0.605. The molecule has 0 heterocycles. The molecule has 1 nitrogen and oxygen atoms in total. The number of halogens is 2. The summed E-state index contributed by atoms with van der Waals surface area (Å²) in [6.07, 6.45) is 0.954. The first kappa shape index (κ1) is 16.0. The van der Waals surface area contributed by atoms with Gasteiger partial charge in [-0.2, -0.15) is 0 Å². The first-order chi connectivity index (χ1) is 10.1. The van der Waals surface area contributed by atoms with E-state index in [4.69, 9.17) is 11.6 Å². The SMILES string of the molecule is CCNC(c1cc(C)c(F)cc1Cl)c1ccccc1CC. The Kier molecular flexibility index (Phi) is 5.38. The number of hydrogen-bond acceptors (Lipinski definition) is 1. The van der Waals surface area contributed by atoms with E-state index in [1.165, 1.54) is 17.2 Å². The van der Waals surface area contributed by atoms with Crippen LogP contribution >= 0.6 is 11.6 Å². The summed E-state index contributed by atoms with van der Waals surface area (Å²) in [7, 11) is 0. The number of nitrogens with one attached hydrogen (secondary N) is 1. The van der Waals surface area contributed by atoms with Gasteiger partial charge in [0.15, 0.2) is 0 Å². The Morgan fingerprint density at radius 3 is 2.52 bits per heavy atom. The van der Waals surface area contributed by atoms with Crippen LogP contribution in [0.15, 0.2) is 36.4 Å². The van der Waals surface area contributed by atoms with Crippen molar-refractivity contribution in [2.45, 2.75) is 33.2 Å². The average molecular weight is 306 g/mol. The molecule has 0 saturated carbocycles. The Hall–Kier alpha value is -1.38. The molecule has 21 heavy (non-hydrogen) atoms. The fourth-order valence-corrected chi connectivity index (χ4v) is 2.89. The van der Waals surface area contributed by atoms with E-state index < -0.39 is 0 Å². The van der Waals surface area contributed by atoms with Gasteiger partial charge in [-0.1, -0.05) is 49.7 Å². The van der Waals surface area contributed by atoms with Gasteiger partial charge in [0.1, 0.15) is 5.82 Å². The zero-order valence-corrected chi connectivity index (χ0v) is 13.5. The Morgan fingerprint density at radius 2 is 1.86 bits per heavy atom. The van der Waals surface area contributed by atoms with Crippen LogP contribution in [-0.2, 0) is 6.42 Å². The molecule has 0 amide bonds. The van der Waals surface area contributed by atoms with Crippen LogP contribution in [0.2, 0.25) is 5.02 Å². The van der Waals surface area contributed by atoms with Gasteiger partial charge in [-0.25, -0.2) is 4.39 Å². The molecular weight excluding hydrogens is 285 g/mol. The molecular formula is C18H21ClFN. The zero-order chi connectivity index (χ0) is 15.4. The molecule has 1 atom stereocenters. The van der Waals surface area contributed by atoms with Crippen molar-refractivity contribution in [1.29, 1.82) is 0 Å². The maximum atomic E-state index is 13.7. The summed E-state index contributed by atoms with van der Waals surface area (Å²) < 4.78 is 13.7. The van der Waals surface area contributed by atoms with E-state index in [2.05, 4.69) is 31.3 Å². The number of aryl methyl sites for hydroxylation is 2. The van der Waals surface area contributed by atoms with E-state index in [0.717, 1.165) is 18.5 Å². The molecule has 0 aromatic heterocycles. The smallest absolute Gasteiger partial charge is 0.127 e. The fourth-order valence-electron chi connectivity index (χ4n) is 2.63. The van der Waals surface area contributed by atoms with Gasteiger partial charge in [-0.05, 0) is 54.3 Å². The Morgan fingerprint density at radius 1 is 1.14 bits per heavy atom. The van der Waals surface area contributed by atoms with Crippen molar-refractivity contribution in [3.05, 3.63) is 69.5 Å². The molecule has 0 radical (unpaired) electrons. The number of hydrogen-bond donors (Lipinski definition) is 1. The first-order valence-corrected chi connectivity index (χ1v) is 7.73. The van der Waals surface area contributed by atoms with Crippen LogP contribution < -0.4 is 5.32 Å². The number of rotatable bonds is 5. The molecule has 2 rings (SSSR count). The topological polar surface area (TPSA) is 12.0 Å². The maximum Gasteiger partial charge on any atom is 0.127 e. The van der Waals surface area contributed by atoms with Gasteiger partial charge in [0.2, 0.25) is 0 Å². The van der Waals surface area contributed by atoms with E-state index >= 15 is 0 Å². The molecule has 0 aliphatic heterocycles. The summed E-state index contributed by atoms with van der Waals surface area (Å²) in [5.41, 5.74) is 4.03. The second kappa shape index (κ2) is 7.06. The summed E-state index contributed by atoms with van der Waals surface area (Å²) in [4.78, 5) is 0. The standard InChI is InChI=1S/C18H21ClFN/c1-4-13-8-6-7-9-14(13)18(21-5-2)15-10-12(3)17(20)11-16(15)19/h6-11,18,21H,4-5H2,1-3H3. The van der Waals surface area contributed by atoms with Crippen molar-refractivity contribution in [3.8, 4) is 0 Å². The highest BCUT2D eigenvalue weighted by Gasteiger charge is 2.19. The van der Waals surface area contributed by atoms with Crippen LogP contribution in [0, 0.1) is 12.7 Å². The van der Waals surface area contributed by atoms with Crippen LogP contribution in [-0.4, -0.2) is 6.54 Å². The van der Waals surface area contributed by atoms with Crippen LogP contribution in [0.5, 0.6) is 0 Å². The third-order valence-electron chi connectivity index (χ3n) is 3.74. The van der Waals surface area contributed by atoms with E-state index in [-0.39, 0.29) is 11.9 Å². The molecule has 3 heteroatoms. The summed E-state index contributed by atoms with van der Waals surface area (Å²) in [6.45, 7) is 6.78. The molecule has 2 aromatic carbocycles. The van der Waals surface area contributed by atoms with Crippen LogP contribution in [0.1, 0.15) is 42.1 Å². The molecule has 0 spiro atoms. The summed E-state index contributed by atoms with van der Waals surface area (Å²) >= 11 is 6.30. The molecule has 2 aromatic rings. The van der Waals surface area contributed by atoms with Crippen molar-refractivity contribution >= 4 is 11.6 Å². The second-order valence-electron chi connectivity index (χ2n) is 5.17. The van der Waals surface area contributed by atoms with Gasteiger partial charge in [0.25, 0.3) is 0 Å². The fraction of sp³-hybridized carbons (Fsp3) is 0.333. The van der Waals surface area contributed by atoms with Gasteiger partial charge in [0, 0.05) is 5.02 Å². The van der Waals surface area contributed by atoms with Crippen molar-refractivity contribution < 1.29 is 4.39 Å². The van der Waals surface area contributed by atoms with Crippen molar-refractivity contribution in [3.63, 3.8) is 0 Å². The monoisotopic (exact) mass is 305 g/mol. The van der Waals surface area contributed by atoms with Gasteiger partial charge in [-0.3, -0.25) is 0 Å².